The Morgan fingerprint density at radius 3 is 2.17 bits per heavy atom. The number of likely N-dealkylation sites (tertiary alicyclic amines) is 1. The highest BCUT2D eigenvalue weighted by Gasteiger charge is 2.33. The summed E-state index contributed by atoms with van der Waals surface area (Å²) in [5, 5.41) is 0. The minimum absolute atomic E-state index is 0.515. The van der Waals surface area contributed by atoms with Gasteiger partial charge in [-0.1, -0.05) is 72.2 Å². The zero-order valence-corrected chi connectivity index (χ0v) is 23.6. The van der Waals surface area contributed by atoms with Crippen molar-refractivity contribution in [1.29, 1.82) is 0 Å². The first-order valence-corrected chi connectivity index (χ1v) is 14.9. The molecule has 1 unspecified atom stereocenters. The van der Waals surface area contributed by atoms with Gasteiger partial charge >= 0.3 is 0 Å². The number of hydrogen-bond donors (Lipinski definition) is 0. The van der Waals surface area contributed by atoms with E-state index in [2.05, 4.69) is 106 Å². The summed E-state index contributed by atoms with van der Waals surface area (Å²) in [7, 11) is 0. The molecule has 1 saturated heterocycles. The normalized spacial score (nSPS) is 18.4. The molecule has 0 saturated carbocycles. The Labute approximate surface area is 226 Å². The van der Waals surface area contributed by atoms with Gasteiger partial charge in [-0.25, -0.2) is 0 Å². The maximum atomic E-state index is 3.77. The van der Waals surface area contributed by atoms with Gasteiger partial charge in [-0.05, 0) is 110 Å². The molecule has 3 heteroatoms. The van der Waals surface area contributed by atoms with Crippen LogP contribution in [0.2, 0.25) is 0 Å². The molecule has 1 aliphatic heterocycles. The Kier molecular flexibility index (Phi) is 8.49. The van der Waals surface area contributed by atoms with Crippen molar-refractivity contribution >= 4 is 21.6 Å². The maximum absolute atomic E-state index is 3.77. The summed E-state index contributed by atoms with van der Waals surface area (Å²) < 4.78 is 1.21. The molecule has 0 bridgehead atoms. The molecule has 36 heavy (non-hydrogen) atoms. The Balaban J connectivity index is 1.28. The minimum atomic E-state index is 0.515. The molecule has 3 aromatic carbocycles. The molecule has 0 radical (unpaired) electrons. The number of anilines is 1. The summed E-state index contributed by atoms with van der Waals surface area (Å²) in [5.41, 5.74) is 9.05. The molecular formula is C33H41BrN2. The third-order valence-corrected chi connectivity index (χ3v) is 8.79. The lowest BCUT2D eigenvalue weighted by molar-refractivity contribution is 0.168. The van der Waals surface area contributed by atoms with Crippen molar-refractivity contribution in [2.45, 2.75) is 64.8 Å². The summed E-state index contributed by atoms with van der Waals surface area (Å²) >= 11 is 3.77. The first-order valence-electron chi connectivity index (χ1n) is 14.1. The van der Waals surface area contributed by atoms with Crippen molar-refractivity contribution in [2.75, 3.05) is 31.1 Å². The molecular weight excluding hydrogens is 504 g/mol. The monoisotopic (exact) mass is 544 g/mol. The van der Waals surface area contributed by atoms with E-state index in [1.54, 1.807) is 22.3 Å². The topological polar surface area (TPSA) is 6.48 Å². The van der Waals surface area contributed by atoms with E-state index in [-0.39, 0.29) is 0 Å². The number of benzene rings is 3. The van der Waals surface area contributed by atoms with Gasteiger partial charge in [-0.15, -0.1) is 0 Å². The first kappa shape index (κ1) is 25.5. The second kappa shape index (κ2) is 12.0. The average molecular weight is 546 g/mol. The molecule has 0 spiro atoms. The van der Waals surface area contributed by atoms with Crippen LogP contribution >= 0.6 is 15.9 Å². The fraction of sp³-hybridized carbons (Fsp3) is 0.455. The third-order valence-electron chi connectivity index (χ3n) is 8.30. The van der Waals surface area contributed by atoms with Crippen LogP contribution < -0.4 is 4.90 Å². The summed E-state index contributed by atoms with van der Waals surface area (Å²) in [6, 6.07) is 25.6. The number of fused-ring (bicyclic) bond motifs is 2. The second-order valence-electron chi connectivity index (χ2n) is 10.8. The fourth-order valence-corrected chi connectivity index (χ4v) is 6.90. The molecule has 0 N–H and O–H groups in total. The van der Waals surface area contributed by atoms with E-state index in [9.17, 15) is 0 Å². The quantitative estimate of drug-likeness (QED) is 0.281. The van der Waals surface area contributed by atoms with Crippen LogP contribution in [0.3, 0.4) is 0 Å². The van der Waals surface area contributed by atoms with E-state index >= 15 is 0 Å². The molecule has 1 aliphatic carbocycles. The zero-order chi connectivity index (χ0) is 24.9. The molecule has 3 aromatic rings. The summed E-state index contributed by atoms with van der Waals surface area (Å²) in [6.07, 6.45) is 7.24. The van der Waals surface area contributed by atoms with E-state index < -0.39 is 0 Å². The van der Waals surface area contributed by atoms with Gasteiger partial charge in [0.1, 0.15) is 0 Å². The Morgan fingerprint density at radius 1 is 0.806 bits per heavy atom. The van der Waals surface area contributed by atoms with Gasteiger partial charge in [0.15, 0.2) is 0 Å². The van der Waals surface area contributed by atoms with Crippen LogP contribution in [-0.4, -0.2) is 31.1 Å². The number of piperidine rings is 1. The van der Waals surface area contributed by atoms with Crippen LogP contribution in [0.15, 0.2) is 71.2 Å². The van der Waals surface area contributed by atoms with Crippen LogP contribution in [0.4, 0.5) is 5.69 Å². The van der Waals surface area contributed by atoms with Gasteiger partial charge in [0.05, 0.1) is 0 Å². The molecule has 0 amide bonds. The number of rotatable bonds is 8. The van der Waals surface area contributed by atoms with Crippen molar-refractivity contribution in [3.63, 3.8) is 0 Å². The number of hydrogen-bond acceptors (Lipinski definition) is 2. The van der Waals surface area contributed by atoms with Crippen LogP contribution in [0, 0.1) is 5.92 Å². The van der Waals surface area contributed by atoms with E-state index in [1.807, 2.05) is 0 Å². The zero-order valence-electron chi connectivity index (χ0n) is 22.1. The average Bonchev–Trinajstić information content (AvgIpc) is 3.06. The van der Waals surface area contributed by atoms with E-state index in [1.165, 1.54) is 54.5 Å². The highest BCUT2D eigenvalue weighted by molar-refractivity contribution is 9.10. The first-order chi connectivity index (χ1) is 17.7. The lowest BCUT2D eigenvalue weighted by atomic mass is 9.74. The number of halogens is 1. The molecule has 190 valence electrons. The summed E-state index contributed by atoms with van der Waals surface area (Å²) in [6.45, 7) is 10.3. The van der Waals surface area contributed by atoms with Crippen molar-refractivity contribution in [1.82, 2.24) is 4.90 Å². The van der Waals surface area contributed by atoms with E-state index in [0.29, 0.717) is 11.8 Å². The lowest BCUT2D eigenvalue weighted by Gasteiger charge is -2.37. The Bertz CT molecular complexity index is 1120. The molecule has 1 atom stereocenters. The standard InChI is InChI=1S/C33H41BrN2/c1-3-19-36(20-4-2)30-15-9-25(10-16-30)24-35-21-17-28(18-22-35)33-31-8-6-5-7-26(31)11-12-27-13-14-29(34)23-32(27)33/h5-10,13-16,23,28,33H,3-4,11-12,17-22,24H2,1-2H3. The molecule has 0 aromatic heterocycles. The van der Waals surface area contributed by atoms with Gasteiger partial charge in [0.2, 0.25) is 0 Å². The highest BCUT2D eigenvalue weighted by Crippen LogP contribution is 2.43. The third kappa shape index (κ3) is 5.73. The van der Waals surface area contributed by atoms with Crippen LogP contribution in [0.25, 0.3) is 0 Å². The molecule has 2 aliphatic rings. The second-order valence-corrected chi connectivity index (χ2v) is 11.7. The lowest BCUT2D eigenvalue weighted by Crippen LogP contribution is -2.35. The molecule has 1 fully saturated rings. The Morgan fingerprint density at radius 2 is 1.47 bits per heavy atom. The predicted molar refractivity (Wildman–Crippen MR) is 157 cm³/mol. The largest absolute Gasteiger partial charge is 0.372 e. The van der Waals surface area contributed by atoms with E-state index in [0.717, 1.165) is 32.5 Å². The minimum Gasteiger partial charge on any atom is -0.372 e. The van der Waals surface area contributed by atoms with Crippen molar-refractivity contribution < 1.29 is 0 Å². The van der Waals surface area contributed by atoms with Crippen molar-refractivity contribution in [3.8, 4) is 0 Å². The van der Waals surface area contributed by atoms with Gasteiger partial charge in [0, 0.05) is 35.7 Å². The van der Waals surface area contributed by atoms with Gasteiger partial charge < -0.3 is 4.90 Å². The molecule has 2 nitrogen and oxygen atoms in total. The number of aryl methyl sites for hydroxylation is 2. The molecule has 5 rings (SSSR count). The van der Waals surface area contributed by atoms with Crippen molar-refractivity contribution in [3.05, 3.63) is 99.0 Å². The Hall–Kier alpha value is -2.10. The fourth-order valence-electron chi connectivity index (χ4n) is 6.52. The van der Waals surface area contributed by atoms with Gasteiger partial charge in [-0.3, -0.25) is 4.90 Å². The SMILES string of the molecule is CCCN(CCC)c1ccc(CN2CCC(C3c4ccccc4CCc4ccc(Br)cc43)CC2)cc1. The highest BCUT2D eigenvalue weighted by atomic mass is 79.9. The van der Waals surface area contributed by atoms with Crippen LogP contribution in [-0.2, 0) is 19.4 Å². The van der Waals surface area contributed by atoms with Gasteiger partial charge in [-0.2, -0.15) is 0 Å². The van der Waals surface area contributed by atoms with Crippen LogP contribution in [0.5, 0.6) is 0 Å². The maximum Gasteiger partial charge on any atom is 0.0366 e. The van der Waals surface area contributed by atoms with Crippen molar-refractivity contribution in [2.24, 2.45) is 5.92 Å². The predicted octanol–water partition coefficient (Wildman–Crippen LogP) is 8.22. The smallest absolute Gasteiger partial charge is 0.0366 e. The molecule has 1 heterocycles. The van der Waals surface area contributed by atoms with Gasteiger partial charge in [0.25, 0.3) is 0 Å². The van der Waals surface area contributed by atoms with E-state index in [4.69, 9.17) is 0 Å². The summed E-state index contributed by atoms with van der Waals surface area (Å²) in [5.74, 6) is 1.22. The number of nitrogens with zero attached hydrogens (tertiary/aromatic N) is 2. The summed E-state index contributed by atoms with van der Waals surface area (Å²) in [4.78, 5) is 5.20. The van der Waals surface area contributed by atoms with Crippen LogP contribution in [0.1, 0.15) is 73.3 Å².